The predicted molar refractivity (Wildman–Crippen MR) is 69.0 cm³/mol. The van der Waals surface area contributed by atoms with Crippen molar-refractivity contribution in [2.24, 2.45) is 0 Å². The van der Waals surface area contributed by atoms with Gasteiger partial charge < -0.3 is 4.74 Å². The average Bonchev–Trinajstić information content (AvgIpc) is 2.71. The highest BCUT2D eigenvalue weighted by Crippen LogP contribution is 2.28. The van der Waals surface area contributed by atoms with E-state index in [4.69, 9.17) is 4.74 Å². The standard InChI is InChI=1S/C13H16O3S/c1-17(14,15)10-4-9-16-13-8-3-6-11-5-2-7-12(11)13/h2-3,6-8H,4-5,9-10H2,1H3. The number of benzene rings is 1. The van der Waals surface area contributed by atoms with Crippen LogP contribution in [-0.2, 0) is 16.3 Å². The van der Waals surface area contributed by atoms with Gasteiger partial charge in [-0.15, -0.1) is 0 Å². The van der Waals surface area contributed by atoms with Gasteiger partial charge in [0.25, 0.3) is 0 Å². The van der Waals surface area contributed by atoms with Gasteiger partial charge in [-0.05, 0) is 24.5 Å². The molecule has 0 atom stereocenters. The molecule has 1 aromatic carbocycles. The summed E-state index contributed by atoms with van der Waals surface area (Å²) in [6.45, 7) is 0.442. The average molecular weight is 252 g/mol. The minimum absolute atomic E-state index is 0.178. The van der Waals surface area contributed by atoms with Gasteiger partial charge in [0.15, 0.2) is 0 Å². The summed E-state index contributed by atoms with van der Waals surface area (Å²) in [5.74, 6) is 1.03. The van der Waals surface area contributed by atoms with Crippen LogP contribution in [0.1, 0.15) is 17.5 Å². The van der Waals surface area contributed by atoms with E-state index in [9.17, 15) is 8.42 Å². The van der Waals surface area contributed by atoms with Gasteiger partial charge in [-0.3, -0.25) is 0 Å². The quantitative estimate of drug-likeness (QED) is 0.753. The molecule has 0 unspecified atom stereocenters. The number of hydrogen-bond donors (Lipinski definition) is 0. The van der Waals surface area contributed by atoms with Crippen LogP contribution >= 0.6 is 0 Å². The van der Waals surface area contributed by atoms with Gasteiger partial charge in [0.2, 0.25) is 0 Å². The summed E-state index contributed by atoms with van der Waals surface area (Å²) < 4.78 is 27.6. The fraction of sp³-hybridized carbons (Fsp3) is 0.385. The van der Waals surface area contributed by atoms with E-state index >= 15 is 0 Å². The molecular formula is C13H16O3S. The monoisotopic (exact) mass is 252 g/mol. The lowest BCUT2D eigenvalue weighted by atomic mass is 10.1. The molecule has 0 saturated heterocycles. The molecule has 4 heteroatoms. The zero-order chi connectivity index (χ0) is 12.3. The van der Waals surface area contributed by atoms with Crippen molar-refractivity contribution >= 4 is 15.9 Å². The van der Waals surface area contributed by atoms with E-state index < -0.39 is 9.84 Å². The van der Waals surface area contributed by atoms with E-state index in [0.717, 1.165) is 17.7 Å². The van der Waals surface area contributed by atoms with Gasteiger partial charge in [0.1, 0.15) is 15.6 Å². The van der Waals surface area contributed by atoms with Crippen LogP contribution in [0.3, 0.4) is 0 Å². The Morgan fingerprint density at radius 2 is 2.18 bits per heavy atom. The Morgan fingerprint density at radius 1 is 1.35 bits per heavy atom. The zero-order valence-electron chi connectivity index (χ0n) is 9.85. The number of allylic oxidation sites excluding steroid dienone is 1. The molecule has 0 N–H and O–H groups in total. The third-order valence-electron chi connectivity index (χ3n) is 2.70. The van der Waals surface area contributed by atoms with Crippen molar-refractivity contribution < 1.29 is 13.2 Å². The smallest absolute Gasteiger partial charge is 0.147 e. The minimum Gasteiger partial charge on any atom is -0.493 e. The number of fused-ring (bicyclic) bond motifs is 1. The highest BCUT2D eigenvalue weighted by molar-refractivity contribution is 7.90. The first-order valence-electron chi connectivity index (χ1n) is 5.65. The molecule has 92 valence electrons. The Morgan fingerprint density at radius 3 is 2.94 bits per heavy atom. The zero-order valence-corrected chi connectivity index (χ0v) is 10.7. The lowest BCUT2D eigenvalue weighted by molar-refractivity contribution is 0.317. The second kappa shape index (κ2) is 4.92. The van der Waals surface area contributed by atoms with Gasteiger partial charge in [-0.1, -0.05) is 24.3 Å². The molecule has 3 nitrogen and oxygen atoms in total. The Bertz CT molecular complexity index is 530. The largest absolute Gasteiger partial charge is 0.493 e. The minimum atomic E-state index is -2.88. The van der Waals surface area contributed by atoms with Crippen molar-refractivity contribution in [1.82, 2.24) is 0 Å². The maximum atomic E-state index is 11.0. The highest BCUT2D eigenvalue weighted by atomic mass is 32.2. The lowest BCUT2D eigenvalue weighted by Crippen LogP contribution is -2.08. The Balaban J connectivity index is 1.92. The Labute approximate surface area is 102 Å². The van der Waals surface area contributed by atoms with Crippen LogP contribution in [-0.4, -0.2) is 27.0 Å². The summed E-state index contributed by atoms with van der Waals surface area (Å²) in [7, 11) is -2.88. The molecule has 0 aliphatic heterocycles. The summed E-state index contributed by atoms with van der Waals surface area (Å²) in [5, 5.41) is 0. The molecule has 0 saturated carbocycles. The van der Waals surface area contributed by atoms with Gasteiger partial charge in [0, 0.05) is 11.8 Å². The number of ether oxygens (including phenoxy) is 1. The van der Waals surface area contributed by atoms with E-state index in [1.807, 2.05) is 12.1 Å². The number of sulfone groups is 1. The predicted octanol–water partition coefficient (Wildman–Crippen LogP) is 2.07. The SMILES string of the molecule is CS(=O)(=O)CCCOc1cccc2c1C=CC2. The van der Waals surface area contributed by atoms with E-state index in [1.165, 1.54) is 11.8 Å². The second-order valence-corrected chi connectivity index (χ2v) is 6.53. The molecule has 0 heterocycles. The van der Waals surface area contributed by atoms with Crippen molar-refractivity contribution in [3.8, 4) is 5.75 Å². The maximum Gasteiger partial charge on any atom is 0.147 e. The molecule has 0 amide bonds. The summed E-state index contributed by atoms with van der Waals surface area (Å²) >= 11 is 0. The first-order valence-corrected chi connectivity index (χ1v) is 7.71. The van der Waals surface area contributed by atoms with Crippen molar-refractivity contribution in [2.45, 2.75) is 12.8 Å². The van der Waals surface area contributed by atoms with E-state index in [1.54, 1.807) is 0 Å². The molecule has 0 fully saturated rings. The summed E-state index contributed by atoms with van der Waals surface area (Å²) in [6, 6.07) is 5.98. The highest BCUT2D eigenvalue weighted by Gasteiger charge is 2.10. The van der Waals surface area contributed by atoms with Crippen LogP contribution in [0.4, 0.5) is 0 Å². The van der Waals surface area contributed by atoms with Gasteiger partial charge >= 0.3 is 0 Å². The van der Waals surface area contributed by atoms with Crippen LogP contribution in [0.15, 0.2) is 24.3 Å². The summed E-state index contributed by atoms with van der Waals surface area (Å²) in [4.78, 5) is 0. The summed E-state index contributed by atoms with van der Waals surface area (Å²) in [6.07, 6.45) is 6.90. The Hall–Kier alpha value is -1.29. The van der Waals surface area contributed by atoms with Gasteiger partial charge in [-0.25, -0.2) is 8.42 Å². The molecule has 0 bridgehead atoms. The molecule has 1 aromatic rings. The molecule has 0 aromatic heterocycles. The molecule has 2 rings (SSSR count). The summed E-state index contributed by atoms with van der Waals surface area (Å²) in [5.41, 5.74) is 2.40. The normalized spacial score (nSPS) is 13.7. The van der Waals surface area contributed by atoms with Gasteiger partial charge in [-0.2, -0.15) is 0 Å². The van der Waals surface area contributed by atoms with Gasteiger partial charge in [0.05, 0.1) is 12.4 Å². The molecule has 0 radical (unpaired) electrons. The van der Waals surface area contributed by atoms with Crippen LogP contribution in [0, 0.1) is 0 Å². The van der Waals surface area contributed by atoms with Crippen molar-refractivity contribution in [3.05, 3.63) is 35.4 Å². The first-order chi connectivity index (χ1) is 8.06. The number of rotatable bonds is 5. The maximum absolute atomic E-state index is 11.0. The Kier molecular flexibility index (Phi) is 3.52. The molecule has 0 spiro atoms. The third kappa shape index (κ3) is 3.33. The van der Waals surface area contributed by atoms with Crippen molar-refractivity contribution in [3.63, 3.8) is 0 Å². The topological polar surface area (TPSA) is 43.4 Å². The van der Waals surface area contributed by atoms with E-state index in [2.05, 4.69) is 18.2 Å². The van der Waals surface area contributed by atoms with Crippen LogP contribution in [0.25, 0.3) is 6.08 Å². The molecule has 1 aliphatic rings. The van der Waals surface area contributed by atoms with Crippen LogP contribution < -0.4 is 4.74 Å². The van der Waals surface area contributed by atoms with Crippen molar-refractivity contribution in [1.29, 1.82) is 0 Å². The van der Waals surface area contributed by atoms with Crippen LogP contribution in [0.2, 0.25) is 0 Å². The molecular weight excluding hydrogens is 236 g/mol. The molecule has 1 aliphatic carbocycles. The first kappa shape index (κ1) is 12.2. The lowest BCUT2D eigenvalue weighted by Gasteiger charge is -2.09. The molecule has 17 heavy (non-hydrogen) atoms. The number of hydrogen-bond acceptors (Lipinski definition) is 3. The van der Waals surface area contributed by atoms with Crippen molar-refractivity contribution in [2.75, 3.05) is 18.6 Å². The fourth-order valence-corrected chi connectivity index (χ4v) is 2.53. The second-order valence-electron chi connectivity index (χ2n) is 4.27. The third-order valence-corrected chi connectivity index (χ3v) is 3.73. The fourth-order valence-electron chi connectivity index (χ4n) is 1.89. The van der Waals surface area contributed by atoms with E-state index in [0.29, 0.717) is 13.0 Å². The van der Waals surface area contributed by atoms with Crippen LogP contribution in [0.5, 0.6) is 5.75 Å². The van der Waals surface area contributed by atoms with E-state index in [-0.39, 0.29) is 5.75 Å².